The van der Waals surface area contributed by atoms with E-state index in [4.69, 9.17) is 29.4 Å². The highest BCUT2D eigenvalue weighted by molar-refractivity contribution is 7.79. The second-order valence-corrected chi connectivity index (χ2v) is 11.1. The van der Waals surface area contributed by atoms with E-state index in [0.29, 0.717) is 33.9 Å². The minimum atomic E-state index is -1.39. The maximum atomic E-state index is 8.98. The first-order valence-electron chi connectivity index (χ1n) is 9.39. The fourth-order valence-corrected chi connectivity index (χ4v) is 8.23. The molecule has 1 aliphatic heterocycles. The van der Waals surface area contributed by atoms with Crippen LogP contribution in [0.1, 0.15) is 16.7 Å². The van der Waals surface area contributed by atoms with Gasteiger partial charge in [0.2, 0.25) is 0 Å². The Morgan fingerprint density at radius 2 is 0.697 bits per heavy atom. The molecule has 0 saturated carbocycles. The molecule has 0 atom stereocenters. The van der Waals surface area contributed by atoms with Crippen LogP contribution in [0.3, 0.4) is 0 Å². The maximum Gasteiger partial charge on any atom is 0.257 e. The van der Waals surface area contributed by atoms with E-state index < -0.39 is 25.3 Å². The van der Waals surface area contributed by atoms with Crippen molar-refractivity contribution in [1.82, 2.24) is 14.6 Å². The van der Waals surface area contributed by atoms with Crippen LogP contribution in [-0.2, 0) is 0 Å². The van der Waals surface area contributed by atoms with Gasteiger partial charge < -0.3 is 13.6 Å². The molecule has 0 spiro atoms. The number of nitrogens with zero attached hydrogens (tertiary/aromatic N) is 3. The van der Waals surface area contributed by atoms with E-state index in [-0.39, 0.29) is 0 Å². The zero-order valence-electron chi connectivity index (χ0n) is 16.8. The minimum absolute atomic E-state index is 0.541. The van der Waals surface area contributed by atoms with Gasteiger partial charge in [-0.2, -0.15) is 30.4 Å². The number of rotatable bonds is 6. The summed E-state index contributed by atoms with van der Waals surface area (Å²) in [5, 5.41) is 26.9. The molecule has 33 heavy (non-hydrogen) atoms. The average molecular weight is 492 g/mol. The van der Waals surface area contributed by atoms with Gasteiger partial charge in [0.25, 0.3) is 25.3 Å². The summed E-state index contributed by atoms with van der Waals surface area (Å²) in [6.45, 7) is 0. The molecule has 12 heteroatoms. The molecule has 0 unspecified atom stereocenters. The van der Waals surface area contributed by atoms with Gasteiger partial charge in [0.15, 0.2) is 0 Å². The lowest BCUT2D eigenvalue weighted by Gasteiger charge is -2.34. The maximum absolute atomic E-state index is 8.98. The van der Waals surface area contributed by atoms with Crippen molar-refractivity contribution in [1.29, 1.82) is 15.8 Å². The van der Waals surface area contributed by atoms with Crippen LogP contribution in [0.15, 0.2) is 72.8 Å². The fourth-order valence-electron chi connectivity index (χ4n) is 2.52. The fraction of sp³-hybridized carbons (Fsp3) is 0. The quantitative estimate of drug-likeness (QED) is 0.392. The van der Waals surface area contributed by atoms with Crippen molar-refractivity contribution in [3.8, 4) is 35.5 Å². The Bertz CT molecular complexity index is 1060. The third-order valence-electron chi connectivity index (χ3n) is 4.09. The Balaban J connectivity index is 1.48. The Hall–Kier alpha value is -3.30. The lowest BCUT2D eigenvalue weighted by atomic mass is 10.2. The molecule has 1 heterocycles. The third-order valence-corrected chi connectivity index (χ3v) is 9.63. The van der Waals surface area contributed by atoms with Gasteiger partial charge in [-0.3, -0.25) is 0 Å². The molecule has 3 aromatic carbocycles. The monoisotopic (exact) mass is 492 g/mol. The summed E-state index contributed by atoms with van der Waals surface area (Å²) in [4.78, 5) is 9.80. The molecule has 0 bridgehead atoms. The molecule has 4 rings (SSSR count). The largest absolute Gasteiger partial charge is 0.444 e. The SMILES string of the molecule is N#Cc1ccc(OP2NP(Oc3ccc(C#N)cc3)NP(Oc3ccc(C#N)cc3)N2)cc1. The van der Waals surface area contributed by atoms with Crippen LogP contribution < -0.4 is 28.1 Å². The number of benzene rings is 3. The van der Waals surface area contributed by atoms with Crippen molar-refractivity contribution >= 4 is 25.3 Å². The lowest BCUT2D eigenvalue weighted by molar-refractivity contribution is 0.563. The molecule has 0 radical (unpaired) electrons. The number of nitriles is 3. The number of nitrogens with one attached hydrogen (secondary N) is 3. The zero-order chi connectivity index (χ0) is 23.0. The zero-order valence-corrected chi connectivity index (χ0v) is 19.5. The van der Waals surface area contributed by atoms with E-state index in [9.17, 15) is 0 Å². The Morgan fingerprint density at radius 3 is 0.909 bits per heavy atom. The highest BCUT2D eigenvalue weighted by atomic mass is 31.3. The third kappa shape index (κ3) is 6.36. The summed E-state index contributed by atoms with van der Waals surface area (Å²) in [5.74, 6) is 1.76. The van der Waals surface area contributed by atoms with Gasteiger partial charge in [0.1, 0.15) is 17.2 Å². The second kappa shape index (κ2) is 11.0. The van der Waals surface area contributed by atoms with E-state index in [1.54, 1.807) is 72.8 Å². The van der Waals surface area contributed by atoms with E-state index >= 15 is 0 Å². The van der Waals surface area contributed by atoms with Crippen LogP contribution in [0.5, 0.6) is 17.2 Å². The van der Waals surface area contributed by atoms with Crippen molar-refractivity contribution in [2.24, 2.45) is 0 Å². The normalized spacial score (nSPS) is 19.4. The topological polar surface area (TPSA) is 135 Å². The molecule has 1 saturated heterocycles. The van der Waals surface area contributed by atoms with Crippen molar-refractivity contribution in [2.75, 3.05) is 0 Å². The van der Waals surface area contributed by atoms with Gasteiger partial charge in [-0.05, 0) is 72.8 Å². The summed E-state index contributed by atoms with van der Waals surface area (Å²) >= 11 is 0. The van der Waals surface area contributed by atoms with Gasteiger partial charge in [0, 0.05) is 0 Å². The van der Waals surface area contributed by atoms with E-state index in [2.05, 4.69) is 32.8 Å². The first kappa shape index (κ1) is 22.9. The highest BCUT2D eigenvalue weighted by Crippen LogP contribution is 2.55. The molecule has 1 fully saturated rings. The summed E-state index contributed by atoms with van der Waals surface area (Å²) in [7, 11) is -4.18. The van der Waals surface area contributed by atoms with Crippen molar-refractivity contribution in [2.45, 2.75) is 0 Å². The first-order chi connectivity index (χ1) is 16.1. The molecule has 0 aliphatic carbocycles. The van der Waals surface area contributed by atoms with Crippen molar-refractivity contribution in [3.05, 3.63) is 89.5 Å². The predicted molar refractivity (Wildman–Crippen MR) is 126 cm³/mol. The van der Waals surface area contributed by atoms with Gasteiger partial charge in [-0.1, -0.05) is 0 Å². The van der Waals surface area contributed by atoms with Crippen molar-refractivity contribution < 1.29 is 13.6 Å². The first-order valence-corrected chi connectivity index (χ1v) is 13.2. The Labute approximate surface area is 194 Å². The van der Waals surface area contributed by atoms with Gasteiger partial charge in [-0.25, -0.2) is 0 Å². The lowest BCUT2D eigenvalue weighted by Crippen LogP contribution is -2.32. The molecule has 1 aliphatic rings. The standard InChI is InChI=1S/C21H15N6O3P3/c22-13-16-1-7-19(8-2-16)28-31-25-32(29-20-9-3-17(14-23)4-10-20)27-33(26-31)30-21-11-5-18(15-24)6-12-21/h1-12,25-27H. The van der Waals surface area contributed by atoms with Crippen LogP contribution in [0.25, 0.3) is 0 Å². The molecular formula is C21H15N6O3P3. The Morgan fingerprint density at radius 1 is 0.455 bits per heavy atom. The molecule has 0 amide bonds. The smallest absolute Gasteiger partial charge is 0.257 e. The predicted octanol–water partition coefficient (Wildman–Crippen LogP) is 5.30. The van der Waals surface area contributed by atoms with Crippen molar-refractivity contribution in [3.63, 3.8) is 0 Å². The second-order valence-electron chi connectivity index (χ2n) is 6.37. The van der Waals surface area contributed by atoms with Gasteiger partial charge in [-0.15, -0.1) is 0 Å². The highest BCUT2D eigenvalue weighted by Gasteiger charge is 2.34. The minimum Gasteiger partial charge on any atom is -0.444 e. The Kier molecular flexibility index (Phi) is 7.64. The molecule has 9 nitrogen and oxygen atoms in total. The number of hydrogen-bond acceptors (Lipinski definition) is 9. The average Bonchev–Trinajstić information content (AvgIpc) is 2.85. The molecule has 3 aromatic rings. The summed E-state index contributed by atoms with van der Waals surface area (Å²) < 4.78 is 18.1. The summed E-state index contributed by atoms with van der Waals surface area (Å²) in [5.41, 5.74) is 1.62. The van der Waals surface area contributed by atoms with Crippen LogP contribution in [0.2, 0.25) is 0 Å². The van der Waals surface area contributed by atoms with E-state index in [0.717, 1.165) is 0 Å². The van der Waals surface area contributed by atoms with Crippen LogP contribution in [0.4, 0.5) is 0 Å². The molecule has 162 valence electrons. The molecule has 0 aromatic heterocycles. The van der Waals surface area contributed by atoms with E-state index in [1.807, 2.05) is 0 Å². The number of hydrogen-bond donors (Lipinski definition) is 3. The van der Waals surface area contributed by atoms with Crippen LogP contribution in [-0.4, -0.2) is 0 Å². The van der Waals surface area contributed by atoms with Gasteiger partial charge in [0.05, 0.1) is 34.9 Å². The van der Waals surface area contributed by atoms with Crippen LogP contribution in [0, 0.1) is 34.0 Å². The summed E-state index contributed by atoms with van der Waals surface area (Å²) in [6.07, 6.45) is 0. The van der Waals surface area contributed by atoms with Crippen LogP contribution >= 0.6 is 25.3 Å². The summed E-state index contributed by atoms with van der Waals surface area (Å²) in [6, 6.07) is 26.6. The van der Waals surface area contributed by atoms with Gasteiger partial charge >= 0.3 is 0 Å². The molecular weight excluding hydrogens is 477 g/mol. The van der Waals surface area contributed by atoms with E-state index in [1.165, 1.54) is 0 Å². The molecule has 3 N–H and O–H groups in total.